The van der Waals surface area contributed by atoms with E-state index in [1.54, 1.807) is 23.5 Å². The lowest BCUT2D eigenvalue weighted by Crippen LogP contribution is -2.04. The van der Waals surface area contributed by atoms with Crippen molar-refractivity contribution in [2.24, 2.45) is 0 Å². The highest BCUT2D eigenvalue weighted by molar-refractivity contribution is 7.25. The Labute approximate surface area is 349 Å². The van der Waals surface area contributed by atoms with Crippen LogP contribution >= 0.6 is 11.3 Å². The van der Waals surface area contributed by atoms with Gasteiger partial charge >= 0.3 is 0 Å². The van der Waals surface area contributed by atoms with E-state index in [1.165, 1.54) is 20.2 Å². The Bertz CT molecular complexity index is 3520. The van der Waals surface area contributed by atoms with Crippen LogP contribution in [-0.4, -0.2) is 19.5 Å². The Morgan fingerprint density at radius 3 is 1.80 bits per heavy atom. The van der Waals surface area contributed by atoms with Crippen molar-refractivity contribution < 1.29 is 0 Å². The molecule has 0 aliphatic rings. The number of benzene rings is 8. The highest BCUT2D eigenvalue weighted by Gasteiger charge is 2.22. The van der Waals surface area contributed by atoms with E-state index in [1.807, 2.05) is 66.7 Å². The van der Waals surface area contributed by atoms with Crippen molar-refractivity contribution in [1.82, 2.24) is 19.5 Å². The minimum absolute atomic E-state index is 0.448. The Hall–Kier alpha value is -8.23. The van der Waals surface area contributed by atoms with Crippen LogP contribution in [-0.2, 0) is 0 Å². The van der Waals surface area contributed by atoms with Crippen molar-refractivity contribution in [3.63, 3.8) is 0 Å². The number of fused-ring (bicyclic) bond motifs is 6. The molecule has 6 nitrogen and oxygen atoms in total. The predicted octanol–water partition coefficient (Wildman–Crippen LogP) is 13.4. The molecule has 0 spiro atoms. The molecule has 3 heterocycles. The van der Waals surface area contributed by atoms with Crippen LogP contribution in [0.15, 0.2) is 182 Å². The van der Waals surface area contributed by atoms with Crippen LogP contribution in [0.4, 0.5) is 0 Å². The summed E-state index contributed by atoms with van der Waals surface area (Å²) in [7, 11) is 0. The van der Waals surface area contributed by atoms with Gasteiger partial charge < -0.3 is 4.57 Å². The zero-order valence-electron chi connectivity index (χ0n) is 31.9. The Morgan fingerprint density at radius 2 is 1.05 bits per heavy atom. The molecule has 0 amide bonds. The highest BCUT2D eigenvalue weighted by atomic mass is 32.1. The predicted molar refractivity (Wildman–Crippen MR) is 244 cm³/mol. The number of aromatic nitrogens is 4. The van der Waals surface area contributed by atoms with Crippen LogP contribution in [0.2, 0.25) is 0 Å². The summed E-state index contributed by atoms with van der Waals surface area (Å²) >= 11 is 1.81. The molecule has 3 aromatic heterocycles. The highest BCUT2D eigenvalue weighted by Crippen LogP contribution is 2.43. The molecule has 60 heavy (non-hydrogen) atoms. The summed E-state index contributed by atoms with van der Waals surface area (Å²) in [6, 6.07) is 66.4. The third kappa shape index (κ3) is 5.81. The van der Waals surface area contributed by atoms with Crippen molar-refractivity contribution >= 4 is 53.3 Å². The molecule has 0 saturated heterocycles. The molecule has 0 N–H and O–H groups in total. The average Bonchev–Trinajstić information content (AvgIpc) is 3.87. The average molecular weight is 783 g/mol. The van der Waals surface area contributed by atoms with Crippen LogP contribution in [0, 0.1) is 22.7 Å². The maximum atomic E-state index is 10.2. The number of para-hydroxylation sites is 1. The SMILES string of the molecule is N#Cc1ccc(-c2ccc3c4ccccc4n(-c4ccc(-c5cccc6sc7ccccc7c56)cc4-c4nc(-c5ccccc5)nc(-c5ccccc5)n4)c3c2)c(C#N)c1. The van der Waals surface area contributed by atoms with Gasteiger partial charge in [0.15, 0.2) is 17.5 Å². The van der Waals surface area contributed by atoms with Crippen molar-refractivity contribution in [2.45, 2.75) is 0 Å². The number of hydrogen-bond acceptors (Lipinski definition) is 6. The smallest absolute Gasteiger partial charge is 0.166 e. The Morgan fingerprint density at radius 1 is 0.417 bits per heavy atom. The van der Waals surface area contributed by atoms with E-state index < -0.39 is 0 Å². The number of hydrogen-bond donors (Lipinski definition) is 0. The first-order valence-electron chi connectivity index (χ1n) is 19.6. The van der Waals surface area contributed by atoms with E-state index in [0.717, 1.165) is 66.4 Å². The van der Waals surface area contributed by atoms with E-state index in [9.17, 15) is 10.5 Å². The zero-order valence-corrected chi connectivity index (χ0v) is 32.7. The summed E-state index contributed by atoms with van der Waals surface area (Å²) in [5.74, 6) is 1.70. The van der Waals surface area contributed by atoms with Gasteiger partial charge in [0.2, 0.25) is 0 Å². The molecule has 0 radical (unpaired) electrons. The fraction of sp³-hybridized carbons (Fsp3) is 0. The molecular formula is C53H30N6S. The number of nitriles is 2. The molecule has 0 fully saturated rings. The van der Waals surface area contributed by atoms with Crippen molar-refractivity contribution in [1.29, 1.82) is 10.5 Å². The second-order valence-electron chi connectivity index (χ2n) is 14.6. The van der Waals surface area contributed by atoms with Gasteiger partial charge in [0.25, 0.3) is 0 Å². The molecule has 278 valence electrons. The van der Waals surface area contributed by atoms with E-state index in [-0.39, 0.29) is 0 Å². The van der Waals surface area contributed by atoms with Gasteiger partial charge in [-0.05, 0) is 70.8 Å². The molecule has 0 aliphatic heterocycles. The summed E-state index contributed by atoms with van der Waals surface area (Å²) in [6.45, 7) is 0. The summed E-state index contributed by atoms with van der Waals surface area (Å²) in [5, 5.41) is 24.4. The van der Waals surface area contributed by atoms with E-state index in [0.29, 0.717) is 28.6 Å². The maximum absolute atomic E-state index is 10.2. The van der Waals surface area contributed by atoms with Crippen molar-refractivity contribution in [3.8, 4) is 74.2 Å². The lowest BCUT2D eigenvalue weighted by Gasteiger charge is -2.17. The zero-order chi connectivity index (χ0) is 40.2. The first-order valence-corrected chi connectivity index (χ1v) is 20.4. The van der Waals surface area contributed by atoms with Gasteiger partial charge in [-0.15, -0.1) is 11.3 Å². The monoisotopic (exact) mass is 782 g/mol. The molecule has 7 heteroatoms. The van der Waals surface area contributed by atoms with Gasteiger partial charge in [-0.1, -0.05) is 133 Å². The van der Waals surface area contributed by atoms with Gasteiger partial charge in [-0.3, -0.25) is 0 Å². The fourth-order valence-electron chi connectivity index (χ4n) is 8.38. The summed E-state index contributed by atoms with van der Waals surface area (Å²) in [6.07, 6.45) is 0. The van der Waals surface area contributed by atoms with Crippen molar-refractivity contribution in [3.05, 3.63) is 193 Å². The Kier molecular flexibility index (Phi) is 8.34. The summed E-state index contributed by atoms with van der Waals surface area (Å²) in [4.78, 5) is 15.6. The largest absolute Gasteiger partial charge is 0.308 e. The normalized spacial score (nSPS) is 11.3. The van der Waals surface area contributed by atoms with E-state index >= 15 is 0 Å². The summed E-state index contributed by atoms with van der Waals surface area (Å²) in [5.41, 5.74) is 10.2. The van der Waals surface area contributed by atoms with Crippen LogP contribution in [0.1, 0.15) is 11.1 Å². The first kappa shape index (κ1) is 35.0. The molecule has 0 atom stereocenters. The van der Waals surface area contributed by atoms with Crippen molar-refractivity contribution in [2.75, 3.05) is 0 Å². The van der Waals surface area contributed by atoms with E-state index in [4.69, 9.17) is 15.0 Å². The molecule has 11 aromatic rings. The second kappa shape index (κ2) is 14.3. The topological polar surface area (TPSA) is 91.2 Å². The van der Waals surface area contributed by atoms with Crippen LogP contribution < -0.4 is 0 Å². The van der Waals surface area contributed by atoms with Crippen LogP contribution in [0.5, 0.6) is 0 Å². The van der Waals surface area contributed by atoms with E-state index in [2.05, 4.69) is 120 Å². The van der Waals surface area contributed by atoms with Gasteiger partial charge in [0, 0.05) is 47.6 Å². The van der Waals surface area contributed by atoms with Gasteiger partial charge in [0.05, 0.1) is 40.0 Å². The molecule has 0 bridgehead atoms. The molecule has 8 aromatic carbocycles. The van der Waals surface area contributed by atoms with Crippen LogP contribution in [0.3, 0.4) is 0 Å². The minimum atomic E-state index is 0.448. The minimum Gasteiger partial charge on any atom is -0.308 e. The van der Waals surface area contributed by atoms with Gasteiger partial charge in [-0.25, -0.2) is 15.0 Å². The fourth-order valence-corrected chi connectivity index (χ4v) is 9.51. The standard InChI is InChI=1S/C53H30N6S/c54-31-33-22-25-39(38(28-33)32-55)37-23-26-42-41-16-7-9-19-45(41)59(47(42)30-37)46-27-24-36(40-18-11-21-49-50(40)43-17-8-10-20-48(43)60-49)29-44(46)53-57-51(34-12-3-1-4-13-34)56-52(58-53)35-14-5-2-6-15-35/h1-30H. The quantitative estimate of drug-likeness (QED) is 0.167. The number of rotatable bonds is 6. The molecule has 0 unspecified atom stereocenters. The Balaban J connectivity index is 1.23. The van der Waals surface area contributed by atoms with Gasteiger partial charge in [-0.2, -0.15) is 10.5 Å². The number of thiophene rings is 1. The number of nitrogens with zero attached hydrogens (tertiary/aromatic N) is 6. The third-order valence-corrected chi connectivity index (χ3v) is 12.3. The molecule has 11 rings (SSSR count). The first-order chi connectivity index (χ1) is 29.6. The lowest BCUT2D eigenvalue weighted by molar-refractivity contribution is 1.06. The lowest BCUT2D eigenvalue weighted by atomic mass is 9.96. The molecular weight excluding hydrogens is 753 g/mol. The van der Waals surface area contributed by atoms with Crippen LogP contribution in [0.25, 0.3) is 104 Å². The summed E-state index contributed by atoms with van der Waals surface area (Å²) < 4.78 is 4.77. The van der Waals surface area contributed by atoms with Gasteiger partial charge in [0.1, 0.15) is 0 Å². The second-order valence-corrected chi connectivity index (χ2v) is 15.7. The third-order valence-electron chi connectivity index (χ3n) is 11.1. The molecule has 0 saturated carbocycles. The maximum Gasteiger partial charge on any atom is 0.166 e. The molecule has 0 aliphatic carbocycles.